The summed E-state index contributed by atoms with van der Waals surface area (Å²) in [6, 6.07) is 0. The summed E-state index contributed by atoms with van der Waals surface area (Å²) in [5.74, 6) is 0.523. The molecule has 3 N–H and O–H groups in total. The Balaban J connectivity index is 3.45. The van der Waals surface area contributed by atoms with Crippen LogP contribution in [0.25, 0.3) is 0 Å². The fourth-order valence-corrected chi connectivity index (χ4v) is 1.95. The first-order valence-corrected chi connectivity index (χ1v) is 6.51. The Labute approximate surface area is 88.1 Å². The van der Waals surface area contributed by atoms with Gasteiger partial charge in [0.05, 0.1) is 0 Å². The van der Waals surface area contributed by atoms with E-state index in [4.69, 9.17) is 5.73 Å². The van der Waals surface area contributed by atoms with Crippen molar-refractivity contribution in [2.75, 3.05) is 24.6 Å². The molecule has 0 bridgehead atoms. The predicted octanol–water partition coefficient (Wildman–Crippen LogP) is 0.000200. The summed E-state index contributed by atoms with van der Waals surface area (Å²) in [5, 5.41) is 2.73. The van der Waals surface area contributed by atoms with Gasteiger partial charge in [0, 0.05) is 23.1 Å². The number of amides is 1. The summed E-state index contributed by atoms with van der Waals surface area (Å²) >= 11 is 0. The lowest BCUT2D eigenvalue weighted by Crippen LogP contribution is -2.29. The first kappa shape index (κ1) is 13.6. The highest BCUT2D eigenvalue weighted by atomic mass is 32.2. The van der Waals surface area contributed by atoms with Gasteiger partial charge >= 0.3 is 0 Å². The third-order valence-electron chi connectivity index (χ3n) is 1.72. The van der Waals surface area contributed by atoms with E-state index in [0.717, 1.165) is 19.3 Å². The average Bonchev–Trinajstić information content (AvgIpc) is 2.15. The third kappa shape index (κ3) is 8.19. The number of nitrogens with two attached hydrogens (primary N) is 1. The van der Waals surface area contributed by atoms with Crippen molar-refractivity contribution in [1.82, 2.24) is 5.32 Å². The van der Waals surface area contributed by atoms with Crippen LogP contribution in [0.2, 0.25) is 0 Å². The van der Waals surface area contributed by atoms with Crippen LogP contribution < -0.4 is 11.1 Å². The van der Waals surface area contributed by atoms with Crippen molar-refractivity contribution < 1.29 is 9.00 Å². The van der Waals surface area contributed by atoms with Gasteiger partial charge in [0.25, 0.3) is 0 Å². The Morgan fingerprint density at radius 3 is 2.71 bits per heavy atom. The molecule has 0 fully saturated rings. The normalized spacial score (nSPS) is 12.4. The van der Waals surface area contributed by atoms with E-state index >= 15 is 0 Å². The SMILES string of the molecule is CCCCNC(=O)CS(=O)CCCN. The molecule has 5 heteroatoms. The van der Waals surface area contributed by atoms with Crippen molar-refractivity contribution in [3.8, 4) is 0 Å². The number of unbranched alkanes of at least 4 members (excludes halogenated alkanes) is 1. The first-order valence-electron chi connectivity index (χ1n) is 5.02. The van der Waals surface area contributed by atoms with Gasteiger partial charge in [0.2, 0.25) is 5.91 Å². The highest BCUT2D eigenvalue weighted by Gasteiger charge is 2.06. The van der Waals surface area contributed by atoms with Crippen LogP contribution in [-0.2, 0) is 15.6 Å². The largest absolute Gasteiger partial charge is 0.355 e. The van der Waals surface area contributed by atoms with E-state index in [-0.39, 0.29) is 11.7 Å². The molecule has 0 saturated heterocycles. The maximum absolute atomic E-state index is 11.2. The molecule has 0 aliphatic heterocycles. The molecule has 1 atom stereocenters. The van der Waals surface area contributed by atoms with Crippen LogP contribution in [0.1, 0.15) is 26.2 Å². The maximum Gasteiger partial charge on any atom is 0.232 e. The van der Waals surface area contributed by atoms with Crippen LogP contribution in [0, 0.1) is 0 Å². The summed E-state index contributed by atoms with van der Waals surface area (Å²) in [4.78, 5) is 11.2. The van der Waals surface area contributed by atoms with Crippen molar-refractivity contribution in [2.24, 2.45) is 5.73 Å². The number of carbonyl (C=O) groups excluding carboxylic acids is 1. The molecule has 1 unspecified atom stereocenters. The Kier molecular flexibility index (Phi) is 8.87. The van der Waals surface area contributed by atoms with Crippen molar-refractivity contribution in [1.29, 1.82) is 0 Å². The van der Waals surface area contributed by atoms with Crippen molar-refractivity contribution in [3.63, 3.8) is 0 Å². The maximum atomic E-state index is 11.2. The molecule has 0 aliphatic rings. The Morgan fingerprint density at radius 1 is 1.43 bits per heavy atom. The van der Waals surface area contributed by atoms with Crippen LogP contribution in [0.4, 0.5) is 0 Å². The van der Waals surface area contributed by atoms with E-state index in [1.807, 2.05) is 0 Å². The number of nitrogens with one attached hydrogen (secondary N) is 1. The molecule has 0 heterocycles. The van der Waals surface area contributed by atoms with E-state index in [2.05, 4.69) is 12.2 Å². The van der Waals surface area contributed by atoms with Gasteiger partial charge in [-0.2, -0.15) is 0 Å². The highest BCUT2D eigenvalue weighted by molar-refractivity contribution is 7.85. The van der Waals surface area contributed by atoms with Gasteiger partial charge in [-0.3, -0.25) is 9.00 Å². The zero-order valence-electron chi connectivity index (χ0n) is 8.75. The molecule has 0 saturated carbocycles. The second kappa shape index (κ2) is 9.15. The Hall–Kier alpha value is -0.420. The molecule has 0 aliphatic carbocycles. The van der Waals surface area contributed by atoms with Crippen LogP contribution in [0.5, 0.6) is 0 Å². The predicted molar refractivity (Wildman–Crippen MR) is 59.5 cm³/mol. The smallest absolute Gasteiger partial charge is 0.232 e. The van der Waals surface area contributed by atoms with E-state index < -0.39 is 10.8 Å². The molecular weight excluding hydrogens is 200 g/mol. The second-order valence-electron chi connectivity index (χ2n) is 3.13. The van der Waals surface area contributed by atoms with E-state index in [1.165, 1.54) is 0 Å². The van der Waals surface area contributed by atoms with Crippen molar-refractivity contribution in [2.45, 2.75) is 26.2 Å². The van der Waals surface area contributed by atoms with Gasteiger partial charge in [0.15, 0.2) is 0 Å². The van der Waals surface area contributed by atoms with Gasteiger partial charge < -0.3 is 11.1 Å². The fourth-order valence-electron chi connectivity index (χ4n) is 0.918. The van der Waals surface area contributed by atoms with Gasteiger partial charge in [-0.1, -0.05) is 13.3 Å². The zero-order valence-corrected chi connectivity index (χ0v) is 9.57. The van der Waals surface area contributed by atoms with Crippen molar-refractivity contribution in [3.05, 3.63) is 0 Å². The minimum absolute atomic E-state index is 0.115. The molecule has 0 aromatic rings. The monoisotopic (exact) mass is 220 g/mol. The molecule has 0 rings (SSSR count). The lowest BCUT2D eigenvalue weighted by molar-refractivity contribution is -0.118. The lowest BCUT2D eigenvalue weighted by atomic mass is 10.3. The molecule has 0 aromatic heterocycles. The summed E-state index contributed by atoms with van der Waals surface area (Å²) in [7, 11) is -1.05. The average molecular weight is 220 g/mol. The minimum Gasteiger partial charge on any atom is -0.355 e. The quantitative estimate of drug-likeness (QED) is 0.566. The molecular formula is C9H20N2O2S. The summed E-state index contributed by atoms with van der Waals surface area (Å²) < 4.78 is 11.2. The van der Waals surface area contributed by atoms with Crippen molar-refractivity contribution >= 4 is 16.7 Å². The van der Waals surface area contributed by atoms with Gasteiger partial charge in [-0.15, -0.1) is 0 Å². The standard InChI is InChI=1S/C9H20N2O2S/c1-2-3-6-11-9(12)8-14(13)7-4-5-10/h2-8,10H2,1H3,(H,11,12). The Morgan fingerprint density at radius 2 is 2.14 bits per heavy atom. The second-order valence-corrected chi connectivity index (χ2v) is 4.71. The zero-order chi connectivity index (χ0) is 10.8. The van der Waals surface area contributed by atoms with Gasteiger partial charge in [-0.05, 0) is 19.4 Å². The molecule has 0 aromatic carbocycles. The first-order chi connectivity index (χ1) is 6.70. The van der Waals surface area contributed by atoms with E-state index in [9.17, 15) is 9.00 Å². The number of hydrogen-bond donors (Lipinski definition) is 2. The number of hydrogen-bond acceptors (Lipinski definition) is 3. The fraction of sp³-hybridized carbons (Fsp3) is 0.889. The molecule has 0 radical (unpaired) electrons. The van der Waals surface area contributed by atoms with E-state index in [1.54, 1.807) is 0 Å². The lowest BCUT2D eigenvalue weighted by Gasteiger charge is -2.03. The van der Waals surface area contributed by atoms with Crippen LogP contribution in [-0.4, -0.2) is 34.7 Å². The molecule has 0 spiro atoms. The summed E-state index contributed by atoms with van der Waals surface area (Å²) in [6.45, 7) is 3.28. The minimum atomic E-state index is -1.05. The van der Waals surface area contributed by atoms with Gasteiger partial charge in [-0.25, -0.2) is 0 Å². The van der Waals surface area contributed by atoms with Crippen LogP contribution in [0.3, 0.4) is 0 Å². The number of carbonyl (C=O) groups is 1. The van der Waals surface area contributed by atoms with Crippen LogP contribution >= 0.6 is 0 Å². The highest BCUT2D eigenvalue weighted by Crippen LogP contribution is 1.88. The summed E-state index contributed by atoms with van der Waals surface area (Å²) in [6.07, 6.45) is 2.74. The third-order valence-corrected chi connectivity index (χ3v) is 3.05. The van der Waals surface area contributed by atoms with E-state index in [0.29, 0.717) is 18.8 Å². The topological polar surface area (TPSA) is 72.2 Å². The molecule has 1 amide bonds. The van der Waals surface area contributed by atoms with Crippen LogP contribution in [0.15, 0.2) is 0 Å². The Bertz CT molecular complexity index is 186. The molecule has 84 valence electrons. The molecule has 4 nitrogen and oxygen atoms in total. The number of rotatable bonds is 8. The van der Waals surface area contributed by atoms with Gasteiger partial charge in [0.1, 0.15) is 5.75 Å². The molecule has 14 heavy (non-hydrogen) atoms. The summed E-state index contributed by atoms with van der Waals surface area (Å²) in [5.41, 5.74) is 5.27.